The minimum atomic E-state index is 0.0295. The van der Waals surface area contributed by atoms with E-state index in [0.717, 1.165) is 24.3 Å². The first-order valence-electron chi connectivity index (χ1n) is 6.08. The van der Waals surface area contributed by atoms with Gasteiger partial charge in [-0.3, -0.25) is 0 Å². The van der Waals surface area contributed by atoms with Crippen molar-refractivity contribution in [2.45, 2.75) is 46.2 Å². The summed E-state index contributed by atoms with van der Waals surface area (Å²) in [7, 11) is 0. The van der Waals surface area contributed by atoms with Crippen LogP contribution in [0.2, 0.25) is 0 Å². The standard InChI is InChI=1S/C13H23N3/c1-5-10(3)16(6-2)13-12(11(4)14)8-7-9-15-13/h7-11H,5-6,14H2,1-4H3/t10?,11-/m1/s1. The Bertz CT molecular complexity index is 323. The lowest BCUT2D eigenvalue weighted by molar-refractivity contribution is 0.616. The van der Waals surface area contributed by atoms with Crippen LogP contribution in [0.15, 0.2) is 18.3 Å². The molecular weight excluding hydrogens is 198 g/mol. The fraction of sp³-hybridized carbons (Fsp3) is 0.615. The van der Waals surface area contributed by atoms with E-state index in [1.807, 2.05) is 19.2 Å². The van der Waals surface area contributed by atoms with Crippen LogP contribution in [-0.2, 0) is 0 Å². The van der Waals surface area contributed by atoms with Crippen LogP contribution in [0, 0.1) is 0 Å². The van der Waals surface area contributed by atoms with Gasteiger partial charge in [0.1, 0.15) is 5.82 Å². The number of rotatable bonds is 5. The van der Waals surface area contributed by atoms with Crippen molar-refractivity contribution in [3.63, 3.8) is 0 Å². The van der Waals surface area contributed by atoms with Crippen molar-refractivity contribution >= 4 is 5.82 Å². The third-order valence-electron chi connectivity index (χ3n) is 3.04. The van der Waals surface area contributed by atoms with Crippen LogP contribution < -0.4 is 10.6 Å². The largest absolute Gasteiger partial charge is 0.354 e. The molecule has 90 valence electrons. The van der Waals surface area contributed by atoms with Crippen molar-refractivity contribution in [2.75, 3.05) is 11.4 Å². The predicted octanol–water partition coefficient (Wildman–Crippen LogP) is 2.73. The van der Waals surface area contributed by atoms with Crippen molar-refractivity contribution in [3.8, 4) is 0 Å². The van der Waals surface area contributed by atoms with Gasteiger partial charge in [-0.1, -0.05) is 13.0 Å². The number of aromatic nitrogens is 1. The normalized spacial score (nSPS) is 14.6. The maximum atomic E-state index is 5.98. The fourth-order valence-corrected chi connectivity index (χ4v) is 1.90. The molecule has 0 bridgehead atoms. The molecule has 0 saturated carbocycles. The highest BCUT2D eigenvalue weighted by molar-refractivity contribution is 5.48. The van der Waals surface area contributed by atoms with Crippen LogP contribution in [0.5, 0.6) is 0 Å². The van der Waals surface area contributed by atoms with Crippen molar-refractivity contribution in [1.82, 2.24) is 4.98 Å². The molecular formula is C13H23N3. The molecule has 0 aliphatic carbocycles. The lowest BCUT2D eigenvalue weighted by Crippen LogP contribution is -2.34. The molecule has 3 heteroatoms. The molecule has 1 aromatic rings. The lowest BCUT2D eigenvalue weighted by Gasteiger charge is -2.30. The number of pyridine rings is 1. The first kappa shape index (κ1) is 13.0. The molecule has 1 heterocycles. The number of nitrogens with two attached hydrogens (primary N) is 1. The van der Waals surface area contributed by atoms with Crippen LogP contribution in [-0.4, -0.2) is 17.6 Å². The Labute approximate surface area is 98.7 Å². The maximum Gasteiger partial charge on any atom is 0.133 e. The molecule has 0 fully saturated rings. The number of nitrogens with zero attached hydrogens (tertiary/aromatic N) is 2. The zero-order valence-corrected chi connectivity index (χ0v) is 10.8. The molecule has 3 nitrogen and oxygen atoms in total. The van der Waals surface area contributed by atoms with Gasteiger partial charge in [0.2, 0.25) is 0 Å². The Hall–Kier alpha value is -1.09. The molecule has 0 radical (unpaired) electrons. The van der Waals surface area contributed by atoms with E-state index in [1.54, 1.807) is 0 Å². The first-order valence-corrected chi connectivity index (χ1v) is 6.08. The zero-order chi connectivity index (χ0) is 12.1. The third kappa shape index (κ3) is 2.73. The summed E-state index contributed by atoms with van der Waals surface area (Å²) in [6, 6.07) is 4.55. The van der Waals surface area contributed by atoms with Gasteiger partial charge in [-0.05, 0) is 33.3 Å². The monoisotopic (exact) mass is 221 g/mol. The van der Waals surface area contributed by atoms with E-state index in [0.29, 0.717) is 6.04 Å². The summed E-state index contributed by atoms with van der Waals surface area (Å²) in [5.74, 6) is 1.04. The van der Waals surface area contributed by atoms with E-state index in [1.165, 1.54) is 0 Å². The predicted molar refractivity (Wildman–Crippen MR) is 69.6 cm³/mol. The molecule has 0 spiro atoms. The van der Waals surface area contributed by atoms with Crippen LogP contribution in [0.3, 0.4) is 0 Å². The summed E-state index contributed by atoms with van der Waals surface area (Å²) in [4.78, 5) is 6.80. The van der Waals surface area contributed by atoms with E-state index >= 15 is 0 Å². The Balaban J connectivity index is 3.09. The van der Waals surface area contributed by atoms with Gasteiger partial charge in [-0.15, -0.1) is 0 Å². The van der Waals surface area contributed by atoms with Gasteiger partial charge in [0, 0.05) is 30.4 Å². The van der Waals surface area contributed by atoms with Crippen molar-refractivity contribution in [3.05, 3.63) is 23.9 Å². The van der Waals surface area contributed by atoms with E-state index in [-0.39, 0.29) is 6.04 Å². The topological polar surface area (TPSA) is 42.2 Å². The summed E-state index contributed by atoms with van der Waals surface area (Å²) in [5, 5.41) is 0. The van der Waals surface area contributed by atoms with Gasteiger partial charge in [-0.2, -0.15) is 0 Å². The van der Waals surface area contributed by atoms with Gasteiger partial charge in [0.25, 0.3) is 0 Å². The van der Waals surface area contributed by atoms with E-state index in [4.69, 9.17) is 5.73 Å². The van der Waals surface area contributed by atoms with Crippen LogP contribution in [0.1, 0.15) is 45.7 Å². The molecule has 1 aromatic heterocycles. The average Bonchev–Trinajstić information content (AvgIpc) is 2.30. The molecule has 0 aliphatic rings. The third-order valence-corrected chi connectivity index (χ3v) is 3.04. The van der Waals surface area contributed by atoms with E-state index in [2.05, 4.69) is 36.7 Å². The molecule has 0 aliphatic heterocycles. The number of hydrogen-bond donors (Lipinski definition) is 1. The highest BCUT2D eigenvalue weighted by atomic mass is 15.2. The molecule has 0 amide bonds. The summed E-state index contributed by atoms with van der Waals surface area (Å²) in [6.45, 7) is 9.55. The van der Waals surface area contributed by atoms with Crippen LogP contribution >= 0.6 is 0 Å². The highest BCUT2D eigenvalue weighted by Gasteiger charge is 2.17. The average molecular weight is 221 g/mol. The zero-order valence-electron chi connectivity index (χ0n) is 10.8. The molecule has 1 rings (SSSR count). The maximum absolute atomic E-state index is 5.98. The van der Waals surface area contributed by atoms with Crippen LogP contribution in [0.4, 0.5) is 5.82 Å². The van der Waals surface area contributed by atoms with Crippen LogP contribution in [0.25, 0.3) is 0 Å². The van der Waals surface area contributed by atoms with Gasteiger partial charge in [-0.25, -0.2) is 4.98 Å². The van der Waals surface area contributed by atoms with Crippen molar-refractivity contribution in [1.29, 1.82) is 0 Å². The van der Waals surface area contributed by atoms with Gasteiger partial charge < -0.3 is 10.6 Å². The van der Waals surface area contributed by atoms with Crippen molar-refractivity contribution in [2.24, 2.45) is 5.73 Å². The van der Waals surface area contributed by atoms with Gasteiger partial charge in [0.15, 0.2) is 0 Å². The first-order chi connectivity index (χ1) is 7.61. The number of hydrogen-bond acceptors (Lipinski definition) is 3. The minimum absolute atomic E-state index is 0.0295. The second-order valence-corrected chi connectivity index (χ2v) is 4.25. The smallest absolute Gasteiger partial charge is 0.133 e. The van der Waals surface area contributed by atoms with E-state index in [9.17, 15) is 0 Å². The number of anilines is 1. The second kappa shape index (κ2) is 5.85. The molecule has 16 heavy (non-hydrogen) atoms. The summed E-state index contributed by atoms with van der Waals surface area (Å²) < 4.78 is 0. The Morgan fingerprint density at radius 3 is 2.56 bits per heavy atom. The van der Waals surface area contributed by atoms with Gasteiger partial charge in [0.05, 0.1) is 0 Å². The Morgan fingerprint density at radius 1 is 1.38 bits per heavy atom. The molecule has 1 unspecified atom stereocenters. The quantitative estimate of drug-likeness (QED) is 0.831. The Morgan fingerprint density at radius 2 is 2.06 bits per heavy atom. The Kier molecular flexibility index (Phi) is 4.74. The van der Waals surface area contributed by atoms with Crippen molar-refractivity contribution < 1.29 is 0 Å². The molecule has 0 saturated heterocycles. The highest BCUT2D eigenvalue weighted by Crippen LogP contribution is 2.24. The second-order valence-electron chi connectivity index (χ2n) is 4.25. The van der Waals surface area contributed by atoms with E-state index < -0.39 is 0 Å². The molecule has 2 N–H and O–H groups in total. The summed E-state index contributed by atoms with van der Waals surface area (Å²) >= 11 is 0. The molecule has 0 aromatic carbocycles. The minimum Gasteiger partial charge on any atom is -0.354 e. The fourth-order valence-electron chi connectivity index (χ4n) is 1.90. The summed E-state index contributed by atoms with van der Waals surface area (Å²) in [5.41, 5.74) is 7.11. The summed E-state index contributed by atoms with van der Waals surface area (Å²) in [6.07, 6.45) is 2.95. The van der Waals surface area contributed by atoms with Gasteiger partial charge >= 0.3 is 0 Å². The molecule has 2 atom stereocenters. The lowest BCUT2D eigenvalue weighted by atomic mass is 10.1. The SMILES string of the molecule is CCC(C)N(CC)c1ncccc1[C@@H](C)N.